The van der Waals surface area contributed by atoms with Crippen LogP contribution in [0.2, 0.25) is 0 Å². The van der Waals surface area contributed by atoms with Crippen molar-refractivity contribution in [3.8, 4) is 11.5 Å². The molecule has 1 aliphatic carbocycles. The molecule has 24 heavy (non-hydrogen) atoms. The van der Waals surface area contributed by atoms with Crippen LogP contribution in [0, 0.1) is 0 Å². The number of nitrogens with one attached hydrogen (secondary N) is 2. The molecular weight excluding hydrogens is 310 g/mol. The van der Waals surface area contributed by atoms with Gasteiger partial charge in [0.1, 0.15) is 11.5 Å². The van der Waals surface area contributed by atoms with Crippen LogP contribution >= 0.6 is 0 Å². The first-order chi connectivity index (χ1) is 11.6. The minimum absolute atomic E-state index is 0.389. The van der Waals surface area contributed by atoms with Gasteiger partial charge in [0.15, 0.2) is 0 Å². The highest BCUT2D eigenvalue weighted by Gasteiger charge is 2.16. The van der Waals surface area contributed by atoms with Crippen LogP contribution in [0.3, 0.4) is 0 Å². The van der Waals surface area contributed by atoms with Crippen molar-refractivity contribution in [2.75, 3.05) is 19.5 Å². The van der Waals surface area contributed by atoms with Crippen LogP contribution in [0.25, 0.3) is 0 Å². The van der Waals surface area contributed by atoms with Gasteiger partial charge in [-0.15, -0.1) is 0 Å². The molecule has 2 rings (SSSR count). The van der Waals surface area contributed by atoms with E-state index in [2.05, 4.69) is 15.8 Å². The number of amides is 2. The normalized spacial score (nSPS) is 14.3. The Morgan fingerprint density at radius 1 is 1.00 bits per heavy atom. The molecule has 130 valence electrons. The van der Waals surface area contributed by atoms with Gasteiger partial charge >= 0.3 is 11.8 Å². The molecule has 7 heteroatoms. The van der Waals surface area contributed by atoms with Gasteiger partial charge in [-0.2, -0.15) is 5.10 Å². The predicted molar refractivity (Wildman–Crippen MR) is 91.5 cm³/mol. The van der Waals surface area contributed by atoms with Crippen LogP contribution < -0.4 is 20.2 Å². The number of hydrogen-bond acceptors (Lipinski definition) is 5. The Kier molecular flexibility index (Phi) is 6.60. The molecule has 0 unspecified atom stereocenters. The summed E-state index contributed by atoms with van der Waals surface area (Å²) < 4.78 is 10.3. The minimum Gasteiger partial charge on any atom is -0.497 e. The van der Waals surface area contributed by atoms with E-state index in [-0.39, 0.29) is 0 Å². The Balaban J connectivity index is 1.96. The van der Waals surface area contributed by atoms with Crippen LogP contribution in [-0.2, 0) is 9.59 Å². The number of carbonyl (C=O) groups excluding carboxylic acids is 2. The summed E-state index contributed by atoms with van der Waals surface area (Å²) in [6, 6.07) is 4.90. The minimum atomic E-state index is -0.801. The van der Waals surface area contributed by atoms with E-state index >= 15 is 0 Å². The largest absolute Gasteiger partial charge is 0.497 e. The van der Waals surface area contributed by atoms with Gasteiger partial charge in [-0.25, -0.2) is 5.43 Å². The van der Waals surface area contributed by atoms with Crippen molar-refractivity contribution in [2.24, 2.45) is 5.10 Å². The van der Waals surface area contributed by atoms with Crippen molar-refractivity contribution >= 4 is 23.2 Å². The highest BCUT2D eigenvalue weighted by molar-refractivity contribution is 6.39. The van der Waals surface area contributed by atoms with Gasteiger partial charge in [-0.05, 0) is 37.8 Å². The number of nitrogens with zero attached hydrogens (tertiary/aromatic N) is 1. The van der Waals surface area contributed by atoms with E-state index in [4.69, 9.17) is 9.47 Å². The first-order valence-electron chi connectivity index (χ1n) is 8.03. The first-order valence-corrected chi connectivity index (χ1v) is 8.03. The van der Waals surface area contributed by atoms with Crippen LogP contribution in [0.1, 0.15) is 38.5 Å². The maximum Gasteiger partial charge on any atom is 0.329 e. The van der Waals surface area contributed by atoms with Crippen molar-refractivity contribution in [1.82, 2.24) is 5.43 Å². The van der Waals surface area contributed by atoms with Gasteiger partial charge in [-0.3, -0.25) is 9.59 Å². The topological polar surface area (TPSA) is 89.0 Å². The Bertz CT molecular complexity index is 618. The summed E-state index contributed by atoms with van der Waals surface area (Å²) in [4.78, 5) is 23.9. The second-order valence-electron chi connectivity index (χ2n) is 5.55. The van der Waals surface area contributed by atoms with Gasteiger partial charge in [0.25, 0.3) is 0 Å². The molecule has 1 aliphatic rings. The summed E-state index contributed by atoms with van der Waals surface area (Å²) >= 11 is 0. The third kappa shape index (κ3) is 4.97. The number of benzene rings is 1. The average Bonchev–Trinajstić information content (AvgIpc) is 2.88. The summed E-state index contributed by atoms with van der Waals surface area (Å²) in [6.07, 6.45) is 6.26. The quantitative estimate of drug-likeness (QED) is 0.503. The van der Waals surface area contributed by atoms with E-state index in [1.807, 2.05) is 0 Å². The van der Waals surface area contributed by atoms with Crippen molar-refractivity contribution < 1.29 is 19.1 Å². The molecule has 2 N–H and O–H groups in total. The van der Waals surface area contributed by atoms with Gasteiger partial charge < -0.3 is 14.8 Å². The summed E-state index contributed by atoms with van der Waals surface area (Å²) in [7, 11) is 3.01. The standard InChI is InChI=1S/C17H23N3O4/c1-23-13-9-10-14(15(11-13)24-2)18-16(21)17(22)20-19-12-7-5-3-4-6-8-12/h9-11H,3-8H2,1-2H3,(H,18,21)(H,20,22). The zero-order valence-corrected chi connectivity index (χ0v) is 14.1. The zero-order valence-electron chi connectivity index (χ0n) is 14.1. The number of hydrazone groups is 1. The van der Waals surface area contributed by atoms with E-state index in [0.29, 0.717) is 17.2 Å². The van der Waals surface area contributed by atoms with E-state index in [1.165, 1.54) is 27.1 Å². The Hall–Kier alpha value is -2.57. The number of carbonyl (C=O) groups is 2. The number of anilines is 1. The molecule has 0 spiro atoms. The Morgan fingerprint density at radius 3 is 2.33 bits per heavy atom. The van der Waals surface area contributed by atoms with Gasteiger partial charge in [0, 0.05) is 11.8 Å². The number of hydrogen-bond donors (Lipinski definition) is 2. The van der Waals surface area contributed by atoms with Gasteiger partial charge in [-0.1, -0.05) is 12.8 Å². The maximum absolute atomic E-state index is 12.0. The van der Waals surface area contributed by atoms with Crippen LogP contribution in [0.4, 0.5) is 5.69 Å². The van der Waals surface area contributed by atoms with Crippen LogP contribution in [0.5, 0.6) is 11.5 Å². The lowest BCUT2D eigenvalue weighted by Gasteiger charge is -2.11. The third-order valence-electron chi connectivity index (χ3n) is 3.86. The summed E-state index contributed by atoms with van der Waals surface area (Å²) in [5.74, 6) is -0.597. The predicted octanol–water partition coefficient (Wildman–Crippen LogP) is 2.47. The first kappa shape index (κ1) is 17.8. The fourth-order valence-corrected chi connectivity index (χ4v) is 2.51. The van der Waals surface area contributed by atoms with Crippen molar-refractivity contribution in [3.63, 3.8) is 0 Å². The maximum atomic E-state index is 12.0. The number of rotatable bonds is 4. The molecule has 0 saturated heterocycles. The molecule has 0 bridgehead atoms. The molecule has 0 atom stereocenters. The fourth-order valence-electron chi connectivity index (χ4n) is 2.51. The molecular formula is C17H23N3O4. The number of ether oxygens (including phenoxy) is 2. The lowest BCUT2D eigenvalue weighted by atomic mass is 10.2. The SMILES string of the molecule is COc1ccc(NC(=O)C(=O)NN=C2CCCCCC2)c(OC)c1. The highest BCUT2D eigenvalue weighted by atomic mass is 16.5. The third-order valence-corrected chi connectivity index (χ3v) is 3.86. The van der Waals surface area contributed by atoms with E-state index in [1.54, 1.807) is 18.2 Å². The van der Waals surface area contributed by atoms with Gasteiger partial charge in [0.2, 0.25) is 0 Å². The second kappa shape index (κ2) is 8.90. The second-order valence-corrected chi connectivity index (χ2v) is 5.55. The summed E-state index contributed by atoms with van der Waals surface area (Å²) in [6.45, 7) is 0. The lowest BCUT2D eigenvalue weighted by molar-refractivity contribution is -0.136. The molecule has 0 aromatic heterocycles. The molecule has 2 amide bonds. The smallest absolute Gasteiger partial charge is 0.329 e. The average molecular weight is 333 g/mol. The van der Waals surface area contributed by atoms with Crippen molar-refractivity contribution in [3.05, 3.63) is 18.2 Å². The molecule has 1 fully saturated rings. The van der Waals surface area contributed by atoms with Crippen molar-refractivity contribution in [2.45, 2.75) is 38.5 Å². The molecule has 0 aliphatic heterocycles. The summed E-state index contributed by atoms with van der Waals surface area (Å²) in [5, 5.41) is 6.59. The molecule has 1 saturated carbocycles. The molecule has 0 radical (unpaired) electrons. The summed E-state index contributed by atoms with van der Waals surface area (Å²) in [5.41, 5.74) is 3.66. The lowest BCUT2D eigenvalue weighted by Crippen LogP contribution is -2.33. The van der Waals surface area contributed by atoms with E-state index in [0.717, 1.165) is 31.4 Å². The van der Waals surface area contributed by atoms with Crippen molar-refractivity contribution in [1.29, 1.82) is 0 Å². The fraction of sp³-hybridized carbons (Fsp3) is 0.471. The van der Waals surface area contributed by atoms with Gasteiger partial charge in [0.05, 0.1) is 19.9 Å². The molecule has 1 aromatic carbocycles. The highest BCUT2D eigenvalue weighted by Crippen LogP contribution is 2.28. The van der Waals surface area contributed by atoms with Crippen LogP contribution in [0.15, 0.2) is 23.3 Å². The van der Waals surface area contributed by atoms with Crippen LogP contribution in [-0.4, -0.2) is 31.7 Å². The molecule has 1 aromatic rings. The van der Waals surface area contributed by atoms with E-state index in [9.17, 15) is 9.59 Å². The monoisotopic (exact) mass is 333 g/mol. The number of methoxy groups -OCH3 is 2. The molecule has 0 heterocycles. The van der Waals surface area contributed by atoms with E-state index < -0.39 is 11.8 Å². The zero-order chi connectivity index (χ0) is 17.4. The molecule has 7 nitrogen and oxygen atoms in total. The Morgan fingerprint density at radius 2 is 1.71 bits per heavy atom. The Labute approximate surface area is 141 Å².